The Kier molecular flexibility index (Phi) is 6.87. The second kappa shape index (κ2) is 7.74. The van der Waals surface area contributed by atoms with Gasteiger partial charge < -0.3 is 50.7 Å². The van der Waals surface area contributed by atoms with Gasteiger partial charge in [0.05, 0.1) is 13.2 Å². The summed E-state index contributed by atoms with van der Waals surface area (Å²) in [6, 6.07) is 0. The number of aliphatic hydroxyl groups is 9. The average molecular weight is 314 g/mol. The summed E-state index contributed by atoms with van der Waals surface area (Å²) in [7, 11) is 0. The number of rotatable bonds is 6. The fraction of sp³-hybridized carbons (Fsp3) is 1.00. The van der Waals surface area contributed by atoms with E-state index < -0.39 is 68.1 Å². The van der Waals surface area contributed by atoms with Crippen molar-refractivity contribution >= 4 is 0 Å². The molecular weight excluding hydrogens is 292 g/mol. The zero-order valence-corrected chi connectivity index (χ0v) is 11.0. The van der Waals surface area contributed by atoms with Gasteiger partial charge in [-0.2, -0.15) is 0 Å². The van der Waals surface area contributed by atoms with Gasteiger partial charge in [-0.05, 0) is 0 Å². The van der Waals surface area contributed by atoms with Crippen LogP contribution in [-0.4, -0.2) is 114 Å². The van der Waals surface area contributed by atoms with Gasteiger partial charge in [-0.1, -0.05) is 0 Å². The maximum absolute atomic E-state index is 9.88. The molecule has 1 saturated heterocycles. The van der Waals surface area contributed by atoms with E-state index in [0.29, 0.717) is 0 Å². The molecule has 126 valence electrons. The smallest absolute Gasteiger partial charge is 0.115 e. The van der Waals surface area contributed by atoms with Crippen molar-refractivity contribution in [3.63, 3.8) is 0 Å². The van der Waals surface area contributed by atoms with Crippen LogP contribution in [0.15, 0.2) is 0 Å². The predicted molar refractivity (Wildman–Crippen MR) is 64.9 cm³/mol. The summed E-state index contributed by atoms with van der Waals surface area (Å²) >= 11 is 0. The van der Waals surface area contributed by atoms with Crippen molar-refractivity contribution in [2.24, 2.45) is 0 Å². The molecule has 0 bridgehead atoms. The third kappa shape index (κ3) is 3.87. The van der Waals surface area contributed by atoms with Crippen LogP contribution in [0.4, 0.5) is 0 Å². The molecule has 0 aromatic heterocycles. The first-order valence-electron chi connectivity index (χ1n) is 6.39. The summed E-state index contributed by atoms with van der Waals surface area (Å²) in [4.78, 5) is 0. The van der Waals surface area contributed by atoms with Crippen molar-refractivity contribution in [2.45, 2.75) is 54.9 Å². The molecule has 21 heavy (non-hydrogen) atoms. The highest BCUT2D eigenvalue weighted by Gasteiger charge is 2.48. The molecule has 1 fully saturated rings. The second-order valence-electron chi connectivity index (χ2n) is 5.02. The van der Waals surface area contributed by atoms with Gasteiger partial charge in [-0.25, -0.2) is 0 Å². The molecule has 0 spiro atoms. The molecule has 9 atom stereocenters. The van der Waals surface area contributed by atoms with Crippen LogP contribution in [0.1, 0.15) is 0 Å². The van der Waals surface area contributed by atoms with E-state index >= 15 is 0 Å². The lowest BCUT2D eigenvalue weighted by atomic mass is 9.88. The zero-order chi connectivity index (χ0) is 16.3. The van der Waals surface area contributed by atoms with Gasteiger partial charge in [-0.15, -0.1) is 0 Å². The monoisotopic (exact) mass is 314 g/mol. The number of aliphatic hydroxyl groups excluding tert-OH is 9. The third-order valence-corrected chi connectivity index (χ3v) is 3.55. The lowest BCUT2D eigenvalue weighted by Gasteiger charge is -2.43. The number of hydrogen-bond donors (Lipinski definition) is 9. The van der Waals surface area contributed by atoms with E-state index in [1.165, 1.54) is 0 Å². The zero-order valence-electron chi connectivity index (χ0n) is 11.0. The molecule has 1 aliphatic heterocycles. The van der Waals surface area contributed by atoms with Crippen LogP contribution < -0.4 is 0 Å². The molecule has 10 heteroatoms. The Bertz CT molecular complexity index is 313. The summed E-state index contributed by atoms with van der Waals surface area (Å²) < 4.78 is 5.00. The Balaban J connectivity index is 2.82. The van der Waals surface area contributed by atoms with Gasteiger partial charge in [0.1, 0.15) is 54.9 Å². The molecule has 0 aromatic carbocycles. The summed E-state index contributed by atoms with van der Waals surface area (Å²) in [5, 5.41) is 84.8. The fourth-order valence-corrected chi connectivity index (χ4v) is 2.14. The Hall–Kier alpha value is -0.400. The van der Waals surface area contributed by atoms with Crippen LogP contribution in [0.2, 0.25) is 0 Å². The van der Waals surface area contributed by atoms with Crippen molar-refractivity contribution < 1.29 is 50.7 Å². The van der Waals surface area contributed by atoms with Crippen LogP contribution in [0.5, 0.6) is 0 Å². The molecule has 9 N–H and O–H groups in total. The molecule has 10 nitrogen and oxygen atoms in total. The molecule has 1 rings (SSSR count). The van der Waals surface area contributed by atoms with Crippen molar-refractivity contribution in [1.82, 2.24) is 0 Å². The van der Waals surface area contributed by atoms with E-state index in [0.717, 1.165) is 0 Å². The number of ether oxygens (including phenoxy) is 1. The summed E-state index contributed by atoms with van der Waals surface area (Å²) in [6.45, 7) is -1.59. The highest BCUT2D eigenvalue weighted by Crippen LogP contribution is 2.25. The summed E-state index contributed by atoms with van der Waals surface area (Å²) in [5.74, 6) is 0. The van der Waals surface area contributed by atoms with Crippen LogP contribution in [-0.2, 0) is 4.74 Å². The second-order valence-corrected chi connectivity index (χ2v) is 5.02. The van der Waals surface area contributed by atoms with E-state index in [-0.39, 0.29) is 0 Å². The number of hydrogen-bond acceptors (Lipinski definition) is 10. The molecule has 0 saturated carbocycles. The maximum Gasteiger partial charge on any atom is 0.115 e. The molecule has 1 aliphatic rings. The van der Waals surface area contributed by atoms with Crippen molar-refractivity contribution in [3.8, 4) is 0 Å². The van der Waals surface area contributed by atoms with Gasteiger partial charge in [0.2, 0.25) is 0 Å². The fourth-order valence-electron chi connectivity index (χ4n) is 2.14. The Morgan fingerprint density at radius 2 is 1.38 bits per heavy atom. The first-order valence-corrected chi connectivity index (χ1v) is 6.39. The highest BCUT2D eigenvalue weighted by molar-refractivity contribution is 4.97. The van der Waals surface area contributed by atoms with Gasteiger partial charge in [-0.3, -0.25) is 0 Å². The predicted octanol–water partition coefficient (Wildman–Crippen LogP) is -5.74. The maximum atomic E-state index is 9.88. The van der Waals surface area contributed by atoms with Gasteiger partial charge in [0.25, 0.3) is 0 Å². The normalized spacial score (nSPS) is 39.6. The minimum absolute atomic E-state index is 0.716. The van der Waals surface area contributed by atoms with Crippen LogP contribution in [0.25, 0.3) is 0 Å². The van der Waals surface area contributed by atoms with Crippen LogP contribution in [0, 0.1) is 0 Å². The molecule has 0 aliphatic carbocycles. The Labute approximate surface area is 120 Å². The van der Waals surface area contributed by atoms with E-state index in [2.05, 4.69) is 0 Å². The first-order chi connectivity index (χ1) is 9.76. The summed E-state index contributed by atoms with van der Waals surface area (Å²) in [5.41, 5.74) is 0. The first kappa shape index (κ1) is 18.6. The van der Waals surface area contributed by atoms with Crippen LogP contribution in [0.3, 0.4) is 0 Å². The quantitative estimate of drug-likeness (QED) is 0.228. The van der Waals surface area contributed by atoms with E-state index in [9.17, 15) is 35.7 Å². The summed E-state index contributed by atoms with van der Waals surface area (Å²) in [6.07, 6.45) is -15.7. The lowest BCUT2D eigenvalue weighted by Crippen LogP contribution is -2.64. The highest BCUT2D eigenvalue weighted by atomic mass is 16.6. The van der Waals surface area contributed by atoms with E-state index in [1.54, 1.807) is 0 Å². The molecule has 0 aromatic rings. The van der Waals surface area contributed by atoms with Gasteiger partial charge in [0, 0.05) is 0 Å². The molecular formula is C11H22O10. The van der Waals surface area contributed by atoms with Gasteiger partial charge in [0.15, 0.2) is 0 Å². The van der Waals surface area contributed by atoms with E-state index in [1.807, 2.05) is 0 Å². The third-order valence-electron chi connectivity index (χ3n) is 3.55. The van der Waals surface area contributed by atoms with Crippen molar-refractivity contribution in [3.05, 3.63) is 0 Å². The average Bonchev–Trinajstić information content (AvgIpc) is 2.50. The lowest BCUT2D eigenvalue weighted by molar-refractivity contribution is -0.263. The Morgan fingerprint density at radius 1 is 0.810 bits per heavy atom. The molecule has 1 heterocycles. The molecule has 0 unspecified atom stereocenters. The van der Waals surface area contributed by atoms with Crippen molar-refractivity contribution in [1.29, 1.82) is 0 Å². The topological polar surface area (TPSA) is 191 Å². The Morgan fingerprint density at radius 3 is 1.86 bits per heavy atom. The molecule has 0 amide bonds. The minimum Gasteiger partial charge on any atom is -0.394 e. The van der Waals surface area contributed by atoms with E-state index in [4.69, 9.17) is 14.9 Å². The van der Waals surface area contributed by atoms with Gasteiger partial charge >= 0.3 is 0 Å². The van der Waals surface area contributed by atoms with Crippen LogP contribution >= 0.6 is 0 Å². The SMILES string of the molecule is OC[C@H](O)[C@@H](O)[C@@H](O)[C@H](O)[C@@H]1O[C@H](CO)[C@@H](O)[C@H](O)[C@H]1O. The largest absolute Gasteiger partial charge is 0.394 e. The standard InChI is InChI=1S/C11H22O10/c12-1-3(14)5(15)7(17)9(19)11-10(20)8(18)6(16)4(2-13)21-11/h3-20H,1-2H2/t3-,4+,5+,6+,7+,8-,9-,10+,11-/m0/s1. The molecule has 0 radical (unpaired) electrons. The van der Waals surface area contributed by atoms with Crippen molar-refractivity contribution in [2.75, 3.05) is 13.2 Å². The minimum atomic E-state index is -2.01.